The second-order valence-electron chi connectivity index (χ2n) is 6.65. The van der Waals surface area contributed by atoms with E-state index < -0.39 is 12.3 Å². The highest BCUT2D eigenvalue weighted by Gasteiger charge is 2.31. The number of rotatable bonds is 5. The summed E-state index contributed by atoms with van der Waals surface area (Å²) in [6, 6.07) is 18.5. The van der Waals surface area contributed by atoms with Crippen LogP contribution >= 0.6 is 0 Å². The van der Waals surface area contributed by atoms with E-state index >= 15 is 0 Å². The third kappa shape index (κ3) is 4.12. The SMILES string of the molecule is NC(=O)c1c(Cc2cccc(-c3ccc(OC(F)(F)F)cc3)c2)nc2ccccn12. The van der Waals surface area contributed by atoms with Crippen LogP contribution in [0.2, 0.25) is 0 Å². The number of benzene rings is 2. The van der Waals surface area contributed by atoms with Gasteiger partial charge in [0.2, 0.25) is 0 Å². The van der Waals surface area contributed by atoms with Crippen LogP contribution in [0.25, 0.3) is 16.8 Å². The summed E-state index contributed by atoms with van der Waals surface area (Å²) >= 11 is 0. The molecule has 5 nitrogen and oxygen atoms in total. The third-order valence-corrected chi connectivity index (χ3v) is 4.56. The van der Waals surface area contributed by atoms with E-state index in [0.29, 0.717) is 23.5 Å². The van der Waals surface area contributed by atoms with E-state index in [4.69, 9.17) is 5.73 Å². The van der Waals surface area contributed by atoms with Gasteiger partial charge in [-0.2, -0.15) is 0 Å². The Bertz CT molecular complexity index is 1210. The van der Waals surface area contributed by atoms with Crippen LogP contribution in [0.3, 0.4) is 0 Å². The van der Waals surface area contributed by atoms with Crippen LogP contribution in [0.15, 0.2) is 72.9 Å². The Hall–Kier alpha value is -3.81. The molecule has 2 aromatic carbocycles. The van der Waals surface area contributed by atoms with Crippen molar-refractivity contribution < 1.29 is 22.7 Å². The number of aromatic nitrogens is 2. The average molecular weight is 411 g/mol. The van der Waals surface area contributed by atoms with Gasteiger partial charge in [0.1, 0.15) is 17.1 Å². The van der Waals surface area contributed by atoms with Crippen molar-refractivity contribution in [3.05, 3.63) is 89.9 Å². The molecule has 4 rings (SSSR count). The minimum absolute atomic E-state index is 0.279. The average Bonchev–Trinajstić information content (AvgIpc) is 3.05. The van der Waals surface area contributed by atoms with Crippen molar-refractivity contribution >= 4 is 11.6 Å². The molecule has 0 saturated carbocycles. The van der Waals surface area contributed by atoms with Crippen LogP contribution in [0, 0.1) is 0 Å². The van der Waals surface area contributed by atoms with Gasteiger partial charge in [-0.1, -0.05) is 42.5 Å². The molecule has 4 aromatic rings. The lowest BCUT2D eigenvalue weighted by atomic mass is 10.0. The summed E-state index contributed by atoms with van der Waals surface area (Å²) in [5.41, 5.74) is 9.50. The van der Waals surface area contributed by atoms with Gasteiger partial charge in [-0.25, -0.2) is 4.98 Å². The molecule has 0 aliphatic carbocycles. The van der Waals surface area contributed by atoms with E-state index in [2.05, 4.69) is 9.72 Å². The number of primary amides is 1. The number of ether oxygens (including phenoxy) is 1. The topological polar surface area (TPSA) is 69.6 Å². The van der Waals surface area contributed by atoms with E-state index in [9.17, 15) is 18.0 Å². The van der Waals surface area contributed by atoms with Crippen molar-refractivity contribution in [3.63, 3.8) is 0 Å². The number of fused-ring (bicyclic) bond motifs is 1. The standard InChI is InChI=1S/C22H16F3N3O2/c23-22(24,25)30-17-9-7-15(8-10-17)16-5-3-4-14(12-16)13-18-20(21(26)29)28-11-2-1-6-19(28)27-18/h1-12H,13H2,(H2,26,29). The van der Waals surface area contributed by atoms with Crippen molar-refractivity contribution in [2.45, 2.75) is 12.8 Å². The van der Waals surface area contributed by atoms with Gasteiger partial charge in [-0.15, -0.1) is 13.2 Å². The van der Waals surface area contributed by atoms with Gasteiger partial charge >= 0.3 is 6.36 Å². The number of amides is 1. The molecule has 2 heterocycles. The van der Waals surface area contributed by atoms with Crippen molar-refractivity contribution in [2.75, 3.05) is 0 Å². The third-order valence-electron chi connectivity index (χ3n) is 4.56. The van der Waals surface area contributed by atoms with Crippen LogP contribution in [-0.2, 0) is 6.42 Å². The Labute approximate surface area is 169 Å². The molecule has 0 atom stereocenters. The zero-order chi connectivity index (χ0) is 21.3. The zero-order valence-corrected chi connectivity index (χ0v) is 15.6. The highest BCUT2D eigenvalue weighted by atomic mass is 19.4. The molecular weight excluding hydrogens is 395 g/mol. The Kier molecular flexibility index (Phi) is 4.91. The molecule has 30 heavy (non-hydrogen) atoms. The molecule has 0 aliphatic rings. The van der Waals surface area contributed by atoms with Crippen molar-refractivity contribution in [3.8, 4) is 16.9 Å². The molecule has 152 valence electrons. The molecule has 0 spiro atoms. The van der Waals surface area contributed by atoms with Gasteiger partial charge in [0.05, 0.1) is 5.69 Å². The lowest BCUT2D eigenvalue weighted by Crippen LogP contribution is -2.16. The number of carbonyl (C=O) groups excluding carboxylic acids is 1. The predicted octanol–water partition coefficient (Wildman–Crippen LogP) is 4.59. The summed E-state index contributed by atoms with van der Waals surface area (Å²) in [5.74, 6) is -0.849. The molecule has 0 fully saturated rings. The number of imidazole rings is 1. The number of alkyl halides is 3. The Morgan fingerprint density at radius 3 is 2.47 bits per heavy atom. The summed E-state index contributed by atoms with van der Waals surface area (Å²) in [7, 11) is 0. The predicted molar refractivity (Wildman–Crippen MR) is 105 cm³/mol. The quantitative estimate of drug-likeness (QED) is 0.522. The Morgan fingerprint density at radius 2 is 1.77 bits per heavy atom. The number of hydrogen-bond acceptors (Lipinski definition) is 3. The highest BCUT2D eigenvalue weighted by molar-refractivity contribution is 5.93. The fourth-order valence-corrected chi connectivity index (χ4v) is 3.33. The van der Waals surface area contributed by atoms with Crippen molar-refractivity contribution in [1.82, 2.24) is 9.38 Å². The summed E-state index contributed by atoms with van der Waals surface area (Å²) < 4.78 is 42.5. The maximum Gasteiger partial charge on any atom is 0.573 e. The smallest absolute Gasteiger partial charge is 0.406 e. The minimum Gasteiger partial charge on any atom is -0.406 e. The van der Waals surface area contributed by atoms with E-state index in [1.54, 1.807) is 34.9 Å². The number of pyridine rings is 1. The lowest BCUT2D eigenvalue weighted by Gasteiger charge is -2.10. The Morgan fingerprint density at radius 1 is 1.00 bits per heavy atom. The molecule has 0 aliphatic heterocycles. The monoisotopic (exact) mass is 411 g/mol. The summed E-state index contributed by atoms with van der Waals surface area (Å²) in [6.45, 7) is 0. The molecule has 0 radical (unpaired) electrons. The van der Waals surface area contributed by atoms with Gasteiger partial charge in [0.15, 0.2) is 0 Å². The fourth-order valence-electron chi connectivity index (χ4n) is 3.33. The molecule has 0 saturated heterocycles. The molecule has 1 amide bonds. The van der Waals surface area contributed by atoms with Gasteiger partial charge in [-0.3, -0.25) is 9.20 Å². The van der Waals surface area contributed by atoms with Crippen LogP contribution in [-0.4, -0.2) is 21.7 Å². The van der Waals surface area contributed by atoms with Gasteiger partial charge in [0, 0.05) is 12.6 Å². The fraction of sp³-hybridized carbons (Fsp3) is 0.0909. The van der Waals surface area contributed by atoms with Crippen molar-refractivity contribution in [1.29, 1.82) is 0 Å². The number of nitrogens with two attached hydrogens (primary N) is 1. The zero-order valence-electron chi connectivity index (χ0n) is 15.6. The molecule has 0 unspecified atom stereocenters. The van der Waals surface area contributed by atoms with Crippen molar-refractivity contribution in [2.24, 2.45) is 5.73 Å². The first-order chi connectivity index (χ1) is 14.3. The first kappa shape index (κ1) is 19.5. The van der Waals surface area contributed by atoms with Gasteiger partial charge in [0.25, 0.3) is 5.91 Å². The first-order valence-corrected chi connectivity index (χ1v) is 9.01. The number of hydrogen-bond donors (Lipinski definition) is 1. The summed E-state index contributed by atoms with van der Waals surface area (Å²) in [4.78, 5) is 16.5. The second kappa shape index (κ2) is 7.55. The van der Waals surface area contributed by atoms with E-state index in [1.807, 2.05) is 30.3 Å². The normalized spacial score (nSPS) is 11.6. The molecule has 2 aromatic heterocycles. The van der Waals surface area contributed by atoms with Crippen LogP contribution < -0.4 is 10.5 Å². The Balaban J connectivity index is 1.63. The second-order valence-corrected chi connectivity index (χ2v) is 6.65. The largest absolute Gasteiger partial charge is 0.573 e. The molecule has 2 N–H and O–H groups in total. The lowest BCUT2D eigenvalue weighted by molar-refractivity contribution is -0.274. The molecule has 0 bridgehead atoms. The van der Waals surface area contributed by atoms with E-state index in [1.165, 1.54) is 12.1 Å². The minimum atomic E-state index is -4.73. The number of nitrogens with zero attached hydrogens (tertiary/aromatic N) is 2. The maximum atomic E-state index is 12.3. The summed E-state index contributed by atoms with van der Waals surface area (Å²) in [6.07, 6.45) is -2.62. The molecule has 8 heteroatoms. The van der Waals surface area contributed by atoms with E-state index in [0.717, 1.165) is 16.7 Å². The summed E-state index contributed by atoms with van der Waals surface area (Å²) in [5, 5.41) is 0. The number of halogens is 3. The van der Waals surface area contributed by atoms with Crippen LogP contribution in [0.5, 0.6) is 5.75 Å². The van der Waals surface area contributed by atoms with E-state index in [-0.39, 0.29) is 5.75 Å². The van der Waals surface area contributed by atoms with Gasteiger partial charge in [-0.05, 0) is 41.0 Å². The maximum absolute atomic E-state index is 12.3. The first-order valence-electron chi connectivity index (χ1n) is 9.01. The molecular formula is C22H16F3N3O2. The highest BCUT2D eigenvalue weighted by Crippen LogP contribution is 2.27. The van der Waals surface area contributed by atoms with Crippen LogP contribution in [0.1, 0.15) is 21.7 Å². The van der Waals surface area contributed by atoms with Crippen LogP contribution in [0.4, 0.5) is 13.2 Å². The number of carbonyl (C=O) groups is 1. The van der Waals surface area contributed by atoms with Gasteiger partial charge < -0.3 is 10.5 Å².